The van der Waals surface area contributed by atoms with E-state index in [-0.39, 0.29) is 24.5 Å². The van der Waals surface area contributed by atoms with Crippen molar-refractivity contribution in [2.24, 2.45) is 5.92 Å². The summed E-state index contributed by atoms with van der Waals surface area (Å²) in [6, 6.07) is 15.2. The number of benzene rings is 1. The Morgan fingerprint density at radius 1 is 1.21 bits per heavy atom. The van der Waals surface area contributed by atoms with E-state index in [4.69, 9.17) is 4.74 Å². The largest absolute Gasteiger partial charge is 0.445 e. The van der Waals surface area contributed by atoms with Crippen molar-refractivity contribution < 1.29 is 14.3 Å². The molecule has 2 aromatic rings. The van der Waals surface area contributed by atoms with E-state index in [0.29, 0.717) is 25.3 Å². The van der Waals surface area contributed by atoms with Gasteiger partial charge in [0, 0.05) is 31.3 Å². The third-order valence-corrected chi connectivity index (χ3v) is 5.62. The molecule has 0 radical (unpaired) electrons. The average molecular weight is 377 g/mol. The van der Waals surface area contributed by atoms with E-state index >= 15 is 0 Å². The fourth-order valence-electron chi connectivity index (χ4n) is 4.08. The third-order valence-electron chi connectivity index (χ3n) is 5.62. The molecular weight excluding hydrogens is 354 g/mol. The monoisotopic (exact) mass is 377 g/mol. The van der Waals surface area contributed by atoms with Crippen LogP contribution >= 0.6 is 0 Å². The van der Waals surface area contributed by atoms with Gasteiger partial charge in [-0.3, -0.25) is 9.69 Å². The highest BCUT2D eigenvalue weighted by Crippen LogP contribution is 2.41. The van der Waals surface area contributed by atoms with Gasteiger partial charge in [0.15, 0.2) is 0 Å². The van der Waals surface area contributed by atoms with Crippen LogP contribution in [0.5, 0.6) is 0 Å². The zero-order chi connectivity index (χ0) is 19.6. The van der Waals surface area contributed by atoms with E-state index in [1.54, 1.807) is 22.1 Å². The third kappa shape index (κ3) is 3.26. The topological polar surface area (TPSA) is 62.7 Å². The number of ether oxygens (including phenoxy) is 1. The van der Waals surface area contributed by atoms with Crippen molar-refractivity contribution in [1.29, 1.82) is 0 Å². The molecule has 28 heavy (non-hydrogen) atoms. The molecule has 3 heterocycles. The van der Waals surface area contributed by atoms with Crippen LogP contribution in [0.25, 0.3) is 0 Å². The summed E-state index contributed by atoms with van der Waals surface area (Å²) in [5, 5.41) is 0. The first-order valence-corrected chi connectivity index (χ1v) is 9.50. The number of carbonyl (C=O) groups excluding carboxylic acids is 2. The highest BCUT2D eigenvalue weighted by molar-refractivity contribution is 6.05. The number of hydrogen-bond acceptors (Lipinski definition) is 4. The Hall–Kier alpha value is -3.15. The van der Waals surface area contributed by atoms with Crippen LogP contribution in [0.2, 0.25) is 0 Å². The van der Waals surface area contributed by atoms with Gasteiger partial charge in [-0.1, -0.05) is 49.4 Å². The van der Waals surface area contributed by atoms with Crippen molar-refractivity contribution in [3.63, 3.8) is 0 Å². The minimum Gasteiger partial charge on any atom is -0.445 e. The SMILES string of the molecule is CC1CN(C(=O)OCc2ccccc2)CCC12C=CC(=O)N2c1ccccn1. The molecule has 4 rings (SSSR count). The molecule has 6 nitrogen and oxygen atoms in total. The van der Waals surface area contributed by atoms with E-state index in [1.165, 1.54) is 0 Å². The summed E-state index contributed by atoms with van der Waals surface area (Å²) < 4.78 is 5.48. The summed E-state index contributed by atoms with van der Waals surface area (Å²) in [5.41, 5.74) is 0.504. The van der Waals surface area contributed by atoms with Crippen LogP contribution in [0.1, 0.15) is 18.9 Å². The molecule has 0 N–H and O–H groups in total. The average Bonchev–Trinajstić information content (AvgIpc) is 3.06. The van der Waals surface area contributed by atoms with Crippen molar-refractivity contribution >= 4 is 17.8 Å². The van der Waals surface area contributed by atoms with Crippen molar-refractivity contribution in [3.8, 4) is 0 Å². The fourth-order valence-corrected chi connectivity index (χ4v) is 4.08. The molecule has 1 aromatic carbocycles. The number of rotatable bonds is 3. The molecule has 2 unspecified atom stereocenters. The van der Waals surface area contributed by atoms with Crippen LogP contribution in [-0.2, 0) is 16.1 Å². The Morgan fingerprint density at radius 3 is 2.71 bits per heavy atom. The minimum absolute atomic E-state index is 0.0511. The van der Waals surface area contributed by atoms with E-state index in [2.05, 4.69) is 11.9 Å². The van der Waals surface area contributed by atoms with E-state index < -0.39 is 5.54 Å². The molecule has 0 saturated carbocycles. The van der Waals surface area contributed by atoms with Crippen LogP contribution < -0.4 is 4.90 Å². The highest BCUT2D eigenvalue weighted by atomic mass is 16.6. The minimum atomic E-state index is -0.457. The Morgan fingerprint density at radius 2 is 2.00 bits per heavy atom. The molecule has 1 aromatic heterocycles. The van der Waals surface area contributed by atoms with E-state index in [9.17, 15) is 9.59 Å². The highest BCUT2D eigenvalue weighted by Gasteiger charge is 2.50. The molecule has 2 atom stereocenters. The van der Waals surface area contributed by atoms with Crippen molar-refractivity contribution in [1.82, 2.24) is 9.88 Å². The second-order valence-corrected chi connectivity index (χ2v) is 7.32. The smallest absolute Gasteiger partial charge is 0.410 e. The van der Waals surface area contributed by atoms with Crippen LogP contribution in [0.15, 0.2) is 66.9 Å². The predicted molar refractivity (Wildman–Crippen MR) is 106 cm³/mol. The van der Waals surface area contributed by atoms with Crippen molar-refractivity contribution in [2.45, 2.75) is 25.5 Å². The van der Waals surface area contributed by atoms with Crippen molar-refractivity contribution in [3.05, 3.63) is 72.4 Å². The number of hydrogen-bond donors (Lipinski definition) is 0. The number of piperidine rings is 1. The molecule has 2 aliphatic rings. The molecule has 0 bridgehead atoms. The Kier molecular flexibility index (Phi) is 4.86. The van der Waals surface area contributed by atoms with Gasteiger partial charge in [0.05, 0.1) is 5.54 Å². The number of pyridine rings is 1. The number of likely N-dealkylation sites (tertiary alicyclic amines) is 1. The van der Waals surface area contributed by atoms with Crippen LogP contribution in [0.3, 0.4) is 0 Å². The summed E-state index contributed by atoms with van der Waals surface area (Å²) in [6.07, 6.45) is 5.61. The first-order valence-electron chi connectivity index (χ1n) is 9.50. The lowest BCUT2D eigenvalue weighted by Crippen LogP contribution is -2.59. The number of aromatic nitrogens is 1. The summed E-state index contributed by atoms with van der Waals surface area (Å²) in [7, 11) is 0. The van der Waals surface area contributed by atoms with Gasteiger partial charge in [-0.15, -0.1) is 0 Å². The fraction of sp³-hybridized carbons (Fsp3) is 0.318. The maximum Gasteiger partial charge on any atom is 0.410 e. The molecule has 2 amide bonds. The predicted octanol–water partition coefficient (Wildman–Crippen LogP) is 3.40. The Bertz CT molecular complexity index is 884. The second-order valence-electron chi connectivity index (χ2n) is 7.32. The first-order chi connectivity index (χ1) is 13.6. The van der Waals surface area contributed by atoms with E-state index in [1.807, 2.05) is 54.6 Å². The quantitative estimate of drug-likeness (QED) is 0.822. The molecule has 1 spiro atoms. The van der Waals surface area contributed by atoms with Crippen LogP contribution in [-0.4, -0.2) is 40.5 Å². The van der Waals surface area contributed by atoms with Crippen molar-refractivity contribution in [2.75, 3.05) is 18.0 Å². The van der Waals surface area contributed by atoms with E-state index in [0.717, 1.165) is 5.56 Å². The Labute approximate surface area is 164 Å². The Balaban J connectivity index is 1.45. The number of amides is 2. The van der Waals surface area contributed by atoms with Gasteiger partial charge in [0.25, 0.3) is 5.91 Å². The summed E-state index contributed by atoms with van der Waals surface area (Å²) in [4.78, 5) is 33.0. The van der Waals surface area contributed by atoms with Gasteiger partial charge in [-0.05, 0) is 24.1 Å². The lowest BCUT2D eigenvalue weighted by Gasteiger charge is -2.47. The summed E-state index contributed by atoms with van der Waals surface area (Å²) >= 11 is 0. The van der Waals surface area contributed by atoms with Crippen LogP contribution in [0.4, 0.5) is 10.6 Å². The number of nitrogens with zero attached hydrogens (tertiary/aromatic N) is 3. The standard InChI is InChI=1S/C22H23N3O3/c1-17-15-24(21(27)28-16-18-7-3-2-4-8-18)14-12-22(17)11-10-20(26)25(22)19-9-5-6-13-23-19/h2-11,13,17H,12,14-16H2,1H3. The molecule has 0 aliphatic carbocycles. The zero-order valence-electron chi connectivity index (χ0n) is 15.8. The van der Waals surface area contributed by atoms with Gasteiger partial charge in [-0.25, -0.2) is 9.78 Å². The zero-order valence-corrected chi connectivity index (χ0v) is 15.8. The van der Waals surface area contributed by atoms with Crippen LogP contribution in [0, 0.1) is 5.92 Å². The number of anilines is 1. The maximum atomic E-state index is 12.6. The maximum absolute atomic E-state index is 12.6. The van der Waals surface area contributed by atoms with Gasteiger partial charge >= 0.3 is 6.09 Å². The second kappa shape index (κ2) is 7.46. The van der Waals surface area contributed by atoms with Gasteiger partial charge in [-0.2, -0.15) is 0 Å². The normalized spacial score (nSPS) is 24.0. The molecule has 1 saturated heterocycles. The molecule has 2 aliphatic heterocycles. The van der Waals surface area contributed by atoms with Gasteiger partial charge in [0.1, 0.15) is 12.4 Å². The molecule has 6 heteroatoms. The lowest BCUT2D eigenvalue weighted by atomic mass is 9.78. The molecule has 144 valence electrons. The van der Waals surface area contributed by atoms with Gasteiger partial charge in [0.2, 0.25) is 0 Å². The first kappa shape index (κ1) is 18.2. The molecular formula is C22H23N3O3. The summed E-state index contributed by atoms with van der Waals surface area (Å²) in [6.45, 7) is 3.37. The lowest BCUT2D eigenvalue weighted by molar-refractivity contribution is -0.114. The van der Waals surface area contributed by atoms with Gasteiger partial charge < -0.3 is 9.64 Å². The summed E-state index contributed by atoms with van der Waals surface area (Å²) in [5.74, 6) is 0.630. The number of carbonyl (C=O) groups is 2. The molecule has 1 fully saturated rings.